The number of rotatable bonds is 3. The quantitative estimate of drug-likeness (QED) is 0.630. The van der Waals surface area contributed by atoms with Gasteiger partial charge in [-0.05, 0) is 62.2 Å². The molecule has 3 nitrogen and oxygen atoms in total. The van der Waals surface area contributed by atoms with Crippen molar-refractivity contribution in [1.29, 1.82) is 0 Å². The van der Waals surface area contributed by atoms with Crippen LogP contribution in [0.2, 0.25) is 0 Å². The molecule has 0 amide bonds. The zero-order valence-electron chi connectivity index (χ0n) is 12.0. The second-order valence-electron chi connectivity index (χ2n) is 7.83. The van der Waals surface area contributed by atoms with Gasteiger partial charge in [-0.2, -0.15) is 0 Å². The molecule has 0 aromatic heterocycles. The predicted molar refractivity (Wildman–Crippen MR) is 72.5 cm³/mol. The SMILES string of the molecule is C=C(C)C(=O)OC12CC3CC(C)(CC(CO)(C3)C1)C2. The largest absolute Gasteiger partial charge is 0.456 e. The van der Waals surface area contributed by atoms with Gasteiger partial charge in [0.05, 0.1) is 0 Å². The molecule has 0 spiro atoms. The first-order valence-electron chi connectivity index (χ1n) is 7.29. The summed E-state index contributed by atoms with van der Waals surface area (Å²) in [5, 5.41) is 9.85. The highest BCUT2D eigenvalue weighted by atomic mass is 16.6. The molecular formula is C16H24O3. The van der Waals surface area contributed by atoms with E-state index in [1.165, 1.54) is 6.42 Å². The Labute approximate surface area is 115 Å². The number of esters is 1. The first kappa shape index (κ1) is 13.2. The third kappa shape index (κ3) is 2.03. The molecule has 0 aromatic rings. The highest BCUT2D eigenvalue weighted by Crippen LogP contribution is 2.67. The minimum atomic E-state index is -0.340. The van der Waals surface area contributed by atoms with Gasteiger partial charge < -0.3 is 9.84 Å². The van der Waals surface area contributed by atoms with E-state index in [1.807, 2.05) is 0 Å². The van der Waals surface area contributed by atoms with Gasteiger partial charge in [-0.3, -0.25) is 0 Å². The Bertz CT molecular complexity index is 443. The van der Waals surface area contributed by atoms with Crippen molar-refractivity contribution in [2.45, 2.75) is 58.0 Å². The number of hydrogen-bond acceptors (Lipinski definition) is 3. The van der Waals surface area contributed by atoms with E-state index in [2.05, 4.69) is 13.5 Å². The Balaban J connectivity index is 1.90. The van der Waals surface area contributed by atoms with Gasteiger partial charge in [0, 0.05) is 12.2 Å². The van der Waals surface area contributed by atoms with Crippen LogP contribution in [0.1, 0.15) is 52.4 Å². The molecule has 0 saturated heterocycles. The number of ether oxygens (including phenoxy) is 1. The second kappa shape index (κ2) is 3.85. The van der Waals surface area contributed by atoms with Crippen LogP contribution in [0.4, 0.5) is 0 Å². The summed E-state index contributed by atoms with van der Waals surface area (Å²) >= 11 is 0. The van der Waals surface area contributed by atoms with Crippen LogP contribution >= 0.6 is 0 Å². The topological polar surface area (TPSA) is 46.5 Å². The fraction of sp³-hybridized carbons (Fsp3) is 0.812. The zero-order valence-corrected chi connectivity index (χ0v) is 12.0. The molecule has 4 bridgehead atoms. The van der Waals surface area contributed by atoms with Crippen molar-refractivity contribution in [3.05, 3.63) is 12.2 Å². The molecule has 0 aromatic carbocycles. The maximum absolute atomic E-state index is 11.9. The fourth-order valence-electron chi connectivity index (χ4n) is 5.61. The maximum atomic E-state index is 11.9. The van der Waals surface area contributed by atoms with Gasteiger partial charge >= 0.3 is 5.97 Å². The summed E-state index contributed by atoms with van der Waals surface area (Å²) in [6.45, 7) is 7.91. The summed E-state index contributed by atoms with van der Waals surface area (Å²) in [5.74, 6) is 0.338. The number of hydrogen-bond donors (Lipinski definition) is 1. The normalized spacial score (nSPS) is 47.2. The minimum Gasteiger partial charge on any atom is -0.456 e. The highest BCUT2D eigenvalue weighted by Gasteiger charge is 2.63. The van der Waals surface area contributed by atoms with E-state index in [1.54, 1.807) is 6.92 Å². The lowest BCUT2D eigenvalue weighted by atomic mass is 9.43. The van der Waals surface area contributed by atoms with E-state index in [-0.39, 0.29) is 29.0 Å². The van der Waals surface area contributed by atoms with Crippen LogP contribution in [0.25, 0.3) is 0 Å². The van der Waals surface area contributed by atoms with Crippen LogP contribution in [0, 0.1) is 16.7 Å². The van der Waals surface area contributed by atoms with Crippen molar-refractivity contribution >= 4 is 5.97 Å². The van der Waals surface area contributed by atoms with Crippen molar-refractivity contribution < 1.29 is 14.6 Å². The summed E-state index contributed by atoms with van der Waals surface area (Å²) in [6, 6.07) is 0. The molecule has 4 unspecified atom stereocenters. The van der Waals surface area contributed by atoms with Gasteiger partial charge in [-0.1, -0.05) is 13.5 Å². The van der Waals surface area contributed by atoms with Crippen LogP contribution in [-0.4, -0.2) is 23.3 Å². The summed E-state index contributed by atoms with van der Waals surface area (Å²) in [5.41, 5.74) is 0.354. The molecule has 4 aliphatic rings. The first-order valence-corrected chi connectivity index (χ1v) is 7.29. The third-order valence-electron chi connectivity index (χ3n) is 5.40. The lowest BCUT2D eigenvalue weighted by molar-refractivity contribution is -0.222. The van der Waals surface area contributed by atoms with E-state index in [0.29, 0.717) is 11.5 Å². The molecule has 4 fully saturated rings. The first-order chi connectivity index (χ1) is 8.79. The summed E-state index contributed by atoms with van der Waals surface area (Å²) in [6.07, 6.45) is 6.17. The minimum absolute atomic E-state index is 0.0104. The molecule has 3 heteroatoms. The van der Waals surface area contributed by atoms with E-state index in [4.69, 9.17) is 4.74 Å². The molecule has 4 saturated carbocycles. The van der Waals surface area contributed by atoms with E-state index in [0.717, 1.165) is 32.1 Å². The summed E-state index contributed by atoms with van der Waals surface area (Å²) in [4.78, 5) is 11.9. The van der Waals surface area contributed by atoms with Crippen LogP contribution in [0.5, 0.6) is 0 Å². The molecule has 0 heterocycles. The molecule has 19 heavy (non-hydrogen) atoms. The third-order valence-corrected chi connectivity index (χ3v) is 5.40. The van der Waals surface area contributed by atoms with Crippen molar-refractivity contribution in [2.75, 3.05) is 6.61 Å². The Morgan fingerprint density at radius 2 is 2.05 bits per heavy atom. The average Bonchev–Trinajstić information content (AvgIpc) is 2.24. The van der Waals surface area contributed by atoms with Gasteiger partial charge in [-0.25, -0.2) is 4.79 Å². The Hall–Kier alpha value is -0.830. The number of aliphatic hydroxyl groups excluding tert-OH is 1. The summed E-state index contributed by atoms with van der Waals surface area (Å²) in [7, 11) is 0. The number of aliphatic hydroxyl groups is 1. The van der Waals surface area contributed by atoms with Crippen LogP contribution in [-0.2, 0) is 9.53 Å². The van der Waals surface area contributed by atoms with Gasteiger partial charge in [0.2, 0.25) is 0 Å². The van der Waals surface area contributed by atoms with Crippen molar-refractivity contribution in [3.63, 3.8) is 0 Å². The van der Waals surface area contributed by atoms with E-state index >= 15 is 0 Å². The van der Waals surface area contributed by atoms with Gasteiger partial charge in [-0.15, -0.1) is 0 Å². The smallest absolute Gasteiger partial charge is 0.333 e. The predicted octanol–water partition coefficient (Wildman–Crippen LogP) is 2.83. The molecule has 0 aliphatic heterocycles. The zero-order chi connectivity index (χ0) is 13.9. The van der Waals surface area contributed by atoms with Crippen molar-refractivity contribution in [2.24, 2.45) is 16.7 Å². The lowest BCUT2D eigenvalue weighted by Gasteiger charge is -2.64. The molecule has 4 aliphatic carbocycles. The van der Waals surface area contributed by atoms with Gasteiger partial charge in [0.15, 0.2) is 0 Å². The highest BCUT2D eigenvalue weighted by molar-refractivity contribution is 5.87. The Kier molecular flexibility index (Phi) is 2.66. The monoisotopic (exact) mass is 264 g/mol. The van der Waals surface area contributed by atoms with Crippen molar-refractivity contribution in [1.82, 2.24) is 0 Å². The molecule has 4 rings (SSSR count). The molecule has 1 N–H and O–H groups in total. The van der Waals surface area contributed by atoms with Crippen LogP contribution in [0.3, 0.4) is 0 Å². The summed E-state index contributed by atoms with van der Waals surface area (Å²) < 4.78 is 5.85. The lowest BCUT2D eigenvalue weighted by Crippen LogP contribution is -2.61. The number of carbonyl (C=O) groups excluding carboxylic acids is 1. The van der Waals surface area contributed by atoms with Gasteiger partial charge in [0.25, 0.3) is 0 Å². The molecule has 4 atom stereocenters. The molecular weight excluding hydrogens is 240 g/mol. The average molecular weight is 264 g/mol. The number of carbonyl (C=O) groups is 1. The standard InChI is InChI=1S/C16H24O3/c1-11(2)13(18)19-16-6-12-4-14(3,8-16)7-15(5-12,9-16)10-17/h12,17H,1,4-10H2,2-3H3. The van der Waals surface area contributed by atoms with E-state index in [9.17, 15) is 9.90 Å². The Morgan fingerprint density at radius 3 is 2.63 bits per heavy atom. The van der Waals surface area contributed by atoms with E-state index < -0.39 is 0 Å². The Morgan fingerprint density at radius 1 is 1.32 bits per heavy atom. The van der Waals surface area contributed by atoms with Crippen LogP contribution in [0.15, 0.2) is 12.2 Å². The van der Waals surface area contributed by atoms with Crippen LogP contribution < -0.4 is 0 Å². The van der Waals surface area contributed by atoms with Crippen molar-refractivity contribution in [3.8, 4) is 0 Å². The van der Waals surface area contributed by atoms with Gasteiger partial charge in [0.1, 0.15) is 5.60 Å². The second-order valence-corrected chi connectivity index (χ2v) is 7.83. The fourth-order valence-corrected chi connectivity index (χ4v) is 5.61. The maximum Gasteiger partial charge on any atom is 0.333 e. The molecule has 106 valence electrons. The molecule has 0 radical (unpaired) electrons.